The number of pyridine rings is 1. The lowest BCUT2D eigenvalue weighted by atomic mass is 10.2. The Kier molecular flexibility index (Phi) is 3.45. The molecular weight excluding hydrogens is 255 g/mol. The quantitative estimate of drug-likeness (QED) is 0.835. The minimum Gasteiger partial charge on any atom is -0.310 e. The molecule has 1 aromatic carbocycles. The minimum atomic E-state index is -0.418. The van der Waals surface area contributed by atoms with Gasteiger partial charge in [-0.1, -0.05) is 11.6 Å². The Morgan fingerprint density at radius 2 is 2.17 bits per heavy atom. The molecule has 0 aliphatic rings. The van der Waals surface area contributed by atoms with Gasteiger partial charge >= 0.3 is 0 Å². The second-order valence-electron chi connectivity index (χ2n) is 3.70. The van der Waals surface area contributed by atoms with Crippen LogP contribution < -0.4 is 5.56 Å². The van der Waals surface area contributed by atoms with E-state index in [-0.39, 0.29) is 12.1 Å². The van der Waals surface area contributed by atoms with E-state index in [9.17, 15) is 9.18 Å². The van der Waals surface area contributed by atoms with Crippen LogP contribution in [0.2, 0.25) is 5.02 Å². The molecule has 1 aromatic heterocycles. The lowest BCUT2D eigenvalue weighted by Gasteiger charge is -2.07. The van der Waals surface area contributed by atoms with Gasteiger partial charge < -0.3 is 4.57 Å². The zero-order chi connectivity index (χ0) is 13.1. The second kappa shape index (κ2) is 5.03. The Hall–Kier alpha value is -2.12. The highest BCUT2D eigenvalue weighted by molar-refractivity contribution is 6.31. The third-order valence-corrected chi connectivity index (χ3v) is 2.86. The van der Waals surface area contributed by atoms with Crippen molar-refractivity contribution < 1.29 is 4.39 Å². The maximum Gasteiger partial charge on any atom is 0.268 e. The van der Waals surface area contributed by atoms with Crippen molar-refractivity contribution in [3.63, 3.8) is 0 Å². The van der Waals surface area contributed by atoms with E-state index in [4.69, 9.17) is 16.9 Å². The molecule has 5 heteroatoms. The van der Waals surface area contributed by atoms with Gasteiger partial charge in [0.15, 0.2) is 0 Å². The fourth-order valence-electron chi connectivity index (χ4n) is 1.59. The highest BCUT2D eigenvalue weighted by Crippen LogP contribution is 2.17. The molecule has 18 heavy (non-hydrogen) atoms. The van der Waals surface area contributed by atoms with Crippen LogP contribution in [0.25, 0.3) is 0 Å². The van der Waals surface area contributed by atoms with E-state index in [0.29, 0.717) is 10.6 Å². The third-order valence-electron chi connectivity index (χ3n) is 2.49. The molecule has 3 nitrogen and oxygen atoms in total. The van der Waals surface area contributed by atoms with Gasteiger partial charge in [0, 0.05) is 11.2 Å². The molecule has 2 rings (SSSR count). The van der Waals surface area contributed by atoms with Crippen LogP contribution in [-0.2, 0) is 6.54 Å². The first kappa shape index (κ1) is 12.3. The maximum atomic E-state index is 13.1. The van der Waals surface area contributed by atoms with Crippen LogP contribution in [-0.4, -0.2) is 4.57 Å². The second-order valence-corrected chi connectivity index (χ2v) is 4.11. The zero-order valence-electron chi connectivity index (χ0n) is 9.23. The number of nitriles is 1. The Morgan fingerprint density at radius 1 is 1.39 bits per heavy atom. The van der Waals surface area contributed by atoms with Crippen molar-refractivity contribution in [2.45, 2.75) is 6.54 Å². The predicted octanol–water partition coefficient (Wildman–Crippen LogP) is 2.56. The predicted molar refractivity (Wildman–Crippen MR) is 65.9 cm³/mol. The summed E-state index contributed by atoms with van der Waals surface area (Å²) in [5.41, 5.74) is 0.124. The van der Waals surface area contributed by atoms with Crippen LogP contribution in [0, 0.1) is 17.1 Å². The van der Waals surface area contributed by atoms with Crippen LogP contribution in [0.5, 0.6) is 0 Å². The van der Waals surface area contributed by atoms with Gasteiger partial charge in [0.25, 0.3) is 5.56 Å². The summed E-state index contributed by atoms with van der Waals surface area (Å²) in [6, 6.07) is 8.79. The molecule has 0 aliphatic carbocycles. The SMILES string of the molecule is N#Cc1cccn(Cc2cc(F)ccc2Cl)c1=O. The number of nitrogens with zero attached hydrogens (tertiary/aromatic N) is 2. The van der Waals surface area contributed by atoms with E-state index in [0.717, 1.165) is 0 Å². The van der Waals surface area contributed by atoms with Crippen LogP contribution in [0.1, 0.15) is 11.1 Å². The third kappa shape index (κ3) is 2.41. The Balaban J connectivity index is 2.44. The van der Waals surface area contributed by atoms with Crippen LogP contribution in [0.15, 0.2) is 41.3 Å². The summed E-state index contributed by atoms with van der Waals surface area (Å²) in [5, 5.41) is 9.14. The standard InChI is InChI=1S/C13H8ClFN2O/c14-12-4-3-11(15)6-10(12)8-17-5-1-2-9(7-16)13(17)18/h1-6H,8H2. The molecule has 0 spiro atoms. The van der Waals surface area contributed by atoms with Crippen molar-refractivity contribution in [3.05, 3.63) is 68.8 Å². The van der Waals surface area contributed by atoms with Crippen molar-refractivity contribution in [2.24, 2.45) is 0 Å². The highest BCUT2D eigenvalue weighted by atomic mass is 35.5. The fraction of sp³-hybridized carbons (Fsp3) is 0.0769. The summed E-state index contributed by atoms with van der Waals surface area (Å²) in [4.78, 5) is 11.8. The number of aromatic nitrogens is 1. The summed E-state index contributed by atoms with van der Waals surface area (Å²) in [7, 11) is 0. The largest absolute Gasteiger partial charge is 0.310 e. The molecule has 0 bridgehead atoms. The van der Waals surface area contributed by atoms with E-state index in [2.05, 4.69) is 0 Å². The normalized spacial score (nSPS) is 10.1. The summed E-state index contributed by atoms with van der Waals surface area (Å²) < 4.78 is 14.4. The van der Waals surface area contributed by atoms with Crippen LogP contribution >= 0.6 is 11.6 Å². The van der Waals surface area contributed by atoms with Gasteiger partial charge in [0.2, 0.25) is 0 Å². The minimum absolute atomic E-state index is 0.0463. The molecule has 0 saturated carbocycles. The van der Waals surface area contributed by atoms with Crippen LogP contribution in [0.3, 0.4) is 0 Å². The van der Waals surface area contributed by atoms with Gasteiger partial charge in [-0.25, -0.2) is 4.39 Å². The molecule has 0 fully saturated rings. The van der Waals surface area contributed by atoms with Gasteiger partial charge in [0.1, 0.15) is 17.4 Å². The lowest BCUT2D eigenvalue weighted by molar-refractivity contribution is 0.622. The lowest BCUT2D eigenvalue weighted by Crippen LogP contribution is -2.22. The molecule has 0 radical (unpaired) electrons. The zero-order valence-corrected chi connectivity index (χ0v) is 9.99. The first-order valence-electron chi connectivity index (χ1n) is 5.15. The van der Waals surface area contributed by atoms with Crippen molar-refractivity contribution in [1.29, 1.82) is 5.26 Å². The van der Waals surface area contributed by atoms with E-state index >= 15 is 0 Å². The van der Waals surface area contributed by atoms with Gasteiger partial charge in [-0.2, -0.15) is 5.26 Å². The molecule has 2 aromatic rings. The topological polar surface area (TPSA) is 45.8 Å². The molecule has 1 heterocycles. The Morgan fingerprint density at radius 3 is 2.89 bits per heavy atom. The number of hydrogen-bond acceptors (Lipinski definition) is 2. The van der Waals surface area contributed by atoms with E-state index < -0.39 is 11.4 Å². The average Bonchev–Trinajstić information content (AvgIpc) is 2.36. The maximum absolute atomic E-state index is 13.1. The number of rotatable bonds is 2. The summed E-state index contributed by atoms with van der Waals surface area (Å²) in [6.07, 6.45) is 1.53. The first-order chi connectivity index (χ1) is 8.61. The molecular formula is C13H8ClFN2O. The molecule has 0 unspecified atom stereocenters. The first-order valence-corrected chi connectivity index (χ1v) is 5.53. The van der Waals surface area contributed by atoms with E-state index in [1.807, 2.05) is 6.07 Å². The van der Waals surface area contributed by atoms with Gasteiger partial charge in [-0.15, -0.1) is 0 Å². The van der Waals surface area contributed by atoms with Gasteiger partial charge in [0.05, 0.1) is 6.54 Å². The van der Waals surface area contributed by atoms with Crippen molar-refractivity contribution in [3.8, 4) is 6.07 Å². The van der Waals surface area contributed by atoms with Gasteiger partial charge in [-0.3, -0.25) is 4.79 Å². The summed E-state index contributed by atoms with van der Waals surface area (Å²) in [5.74, 6) is -0.418. The number of benzene rings is 1. The van der Waals surface area contributed by atoms with Crippen molar-refractivity contribution in [1.82, 2.24) is 4.57 Å². The van der Waals surface area contributed by atoms with E-state index in [1.54, 1.807) is 6.07 Å². The molecule has 0 amide bonds. The fourth-order valence-corrected chi connectivity index (χ4v) is 1.77. The summed E-state index contributed by atoms with van der Waals surface area (Å²) in [6.45, 7) is 0.130. The van der Waals surface area contributed by atoms with Crippen LogP contribution in [0.4, 0.5) is 4.39 Å². The molecule has 0 aliphatic heterocycles. The Labute approximate surface area is 108 Å². The molecule has 90 valence electrons. The molecule has 0 N–H and O–H groups in total. The van der Waals surface area contributed by atoms with Crippen molar-refractivity contribution >= 4 is 11.6 Å². The summed E-state index contributed by atoms with van der Waals surface area (Å²) >= 11 is 5.93. The van der Waals surface area contributed by atoms with Crippen molar-refractivity contribution in [2.75, 3.05) is 0 Å². The molecule has 0 saturated heterocycles. The van der Waals surface area contributed by atoms with E-state index in [1.165, 1.54) is 35.0 Å². The Bertz CT molecular complexity index is 688. The average molecular weight is 263 g/mol. The molecule has 0 atom stereocenters. The monoisotopic (exact) mass is 262 g/mol. The number of hydrogen-bond donors (Lipinski definition) is 0. The smallest absolute Gasteiger partial charge is 0.268 e. The van der Waals surface area contributed by atoms with Gasteiger partial charge in [-0.05, 0) is 35.9 Å². The highest BCUT2D eigenvalue weighted by Gasteiger charge is 2.06. The number of halogens is 2.